The Balaban J connectivity index is 1.26. The Labute approximate surface area is 243 Å². The highest BCUT2D eigenvalue weighted by Crippen LogP contribution is 2.35. The molecule has 1 saturated heterocycles. The molecule has 210 valence electrons. The number of anilines is 1. The number of benzene rings is 1. The molecule has 6 rings (SSSR count). The van der Waals surface area contributed by atoms with Crippen LogP contribution in [0.3, 0.4) is 0 Å². The molecule has 1 N–H and O–H groups in total. The molecule has 1 amide bonds. The van der Waals surface area contributed by atoms with Gasteiger partial charge in [-0.15, -0.1) is 0 Å². The minimum Gasteiger partial charge on any atom is -0.478 e. The standard InChI is InChI=1S/C31H34IN3O5/c1-20-4-6-22(7-5-20)30(36)35(24-12-15-39-16-13-24)29-25(31(37)38)18-34(19-32-29)23-10-8-21(9-11-23)28-17-26-27(40-28)3-2-14-33-26/h2-3,8-11,14,17-18,20,22,24H,4-7,12-13,15-16,19H2,1H3,(H,37,38). The number of aromatic nitrogens is 1. The molecule has 4 heterocycles. The van der Waals surface area contributed by atoms with E-state index in [1.807, 2.05) is 52.3 Å². The van der Waals surface area contributed by atoms with Crippen molar-refractivity contribution >= 4 is 53.0 Å². The molecule has 1 aromatic carbocycles. The fourth-order valence-corrected chi connectivity index (χ4v) is 8.89. The molecule has 2 aromatic heterocycles. The molecule has 9 heteroatoms. The van der Waals surface area contributed by atoms with Crippen LogP contribution < -0.4 is 4.90 Å². The largest absolute Gasteiger partial charge is 0.478 e. The number of rotatable bonds is 6. The summed E-state index contributed by atoms with van der Waals surface area (Å²) in [6, 6.07) is 13.6. The number of hydrogen-bond acceptors (Lipinski definition) is 6. The molecule has 1 saturated carbocycles. The Morgan fingerprint density at radius 2 is 1.80 bits per heavy atom. The molecule has 0 unspecified atom stereocenters. The van der Waals surface area contributed by atoms with Crippen LogP contribution in [-0.4, -0.2) is 54.3 Å². The number of halogens is 1. The average molecular weight is 656 g/mol. The fraction of sp³-hybridized carbons (Fsp3) is 0.419. The van der Waals surface area contributed by atoms with Gasteiger partial charge < -0.3 is 24.1 Å². The molecule has 2 aliphatic heterocycles. The number of hydrogen-bond donors (Lipinski definition) is 1. The second-order valence-corrected chi connectivity index (χ2v) is 13.4. The Morgan fingerprint density at radius 3 is 2.50 bits per heavy atom. The number of amides is 1. The zero-order valence-electron chi connectivity index (χ0n) is 22.6. The van der Waals surface area contributed by atoms with Gasteiger partial charge in [-0.2, -0.15) is 0 Å². The number of furan rings is 1. The van der Waals surface area contributed by atoms with E-state index in [1.54, 1.807) is 12.4 Å². The number of fused-ring (bicyclic) bond motifs is 1. The van der Waals surface area contributed by atoms with Crippen LogP contribution >= 0.6 is 20.7 Å². The fourth-order valence-electron chi connectivity index (χ4n) is 5.83. The van der Waals surface area contributed by atoms with Crippen LogP contribution in [0, 0.1) is 11.8 Å². The number of nitrogens with zero attached hydrogens (tertiary/aromatic N) is 3. The van der Waals surface area contributed by atoms with E-state index in [0.717, 1.165) is 70.3 Å². The van der Waals surface area contributed by atoms with E-state index in [-0.39, 0.29) is 23.4 Å². The smallest absolute Gasteiger partial charge is 0.339 e. The molecule has 2 fully saturated rings. The van der Waals surface area contributed by atoms with Gasteiger partial charge in [-0.05, 0) is 80.8 Å². The number of carboxylic acids is 1. The minimum atomic E-state index is -0.979. The van der Waals surface area contributed by atoms with Gasteiger partial charge >= 0.3 is 5.97 Å². The quantitative estimate of drug-likeness (QED) is 0.193. The lowest BCUT2D eigenvalue weighted by Crippen LogP contribution is -2.51. The van der Waals surface area contributed by atoms with Crippen LogP contribution in [0.5, 0.6) is 0 Å². The molecule has 0 radical (unpaired) electrons. The summed E-state index contributed by atoms with van der Waals surface area (Å²) in [6.07, 6.45) is 8.85. The van der Waals surface area contributed by atoms with Gasteiger partial charge in [0, 0.05) is 54.9 Å². The van der Waals surface area contributed by atoms with Crippen molar-refractivity contribution in [1.82, 2.24) is 9.88 Å². The van der Waals surface area contributed by atoms with Gasteiger partial charge in [-0.1, -0.05) is 27.7 Å². The van der Waals surface area contributed by atoms with E-state index < -0.39 is 26.7 Å². The van der Waals surface area contributed by atoms with E-state index in [0.29, 0.717) is 23.7 Å². The van der Waals surface area contributed by atoms with Gasteiger partial charge in [-0.25, -0.2) is 4.79 Å². The maximum atomic E-state index is 14.0. The molecule has 40 heavy (non-hydrogen) atoms. The average Bonchev–Trinajstić information content (AvgIpc) is 3.43. The molecule has 3 aromatic rings. The highest BCUT2D eigenvalue weighted by Gasteiger charge is 2.38. The van der Waals surface area contributed by atoms with Crippen molar-refractivity contribution in [3.8, 4) is 11.3 Å². The van der Waals surface area contributed by atoms with E-state index in [1.165, 1.54) is 0 Å². The number of carbonyl (C=O) groups is 2. The van der Waals surface area contributed by atoms with Crippen molar-refractivity contribution in [1.29, 1.82) is 0 Å². The Hall–Kier alpha value is -3.05. The van der Waals surface area contributed by atoms with E-state index in [4.69, 9.17) is 9.15 Å². The van der Waals surface area contributed by atoms with Gasteiger partial charge in [0.2, 0.25) is 5.91 Å². The predicted octanol–water partition coefficient (Wildman–Crippen LogP) is 6.18. The van der Waals surface area contributed by atoms with Crippen LogP contribution in [0.1, 0.15) is 45.4 Å². The number of ether oxygens (including phenoxy) is 1. The van der Waals surface area contributed by atoms with E-state index in [9.17, 15) is 14.7 Å². The highest BCUT2D eigenvalue weighted by atomic mass is 127. The molecule has 0 spiro atoms. The van der Waals surface area contributed by atoms with Crippen LogP contribution in [0.25, 0.3) is 22.4 Å². The number of pyridine rings is 1. The zero-order valence-corrected chi connectivity index (χ0v) is 24.7. The van der Waals surface area contributed by atoms with Crippen molar-refractivity contribution in [2.45, 2.75) is 51.5 Å². The first kappa shape index (κ1) is 27.1. The first-order valence-electron chi connectivity index (χ1n) is 14.0. The monoisotopic (exact) mass is 655 g/mol. The number of carboxylic acid groups (broad SMARTS) is 1. The second kappa shape index (κ2) is 11.8. The maximum absolute atomic E-state index is 14.0. The summed E-state index contributed by atoms with van der Waals surface area (Å²) in [4.78, 5) is 34.9. The van der Waals surface area contributed by atoms with E-state index >= 15 is 0 Å². The van der Waals surface area contributed by atoms with Gasteiger partial charge in [0.05, 0.1) is 8.18 Å². The molecular formula is C31H34IN3O5. The number of aliphatic carboxylic acids is 1. The van der Waals surface area contributed by atoms with Crippen molar-refractivity contribution in [2.75, 3.05) is 22.7 Å². The maximum Gasteiger partial charge on any atom is 0.339 e. The molecule has 3 aliphatic rings. The van der Waals surface area contributed by atoms with Gasteiger partial charge in [0.1, 0.15) is 16.9 Å². The first-order valence-corrected chi connectivity index (χ1v) is 16.6. The second-order valence-electron chi connectivity index (χ2n) is 10.9. The summed E-state index contributed by atoms with van der Waals surface area (Å²) >= 11 is -0.759. The Morgan fingerprint density at radius 1 is 1.05 bits per heavy atom. The van der Waals surface area contributed by atoms with Crippen LogP contribution in [0.15, 0.2) is 64.9 Å². The minimum absolute atomic E-state index is 0.00202. The molecule has 1 aliphatic carbocycles. The molecule has 0 bridgehead atoms. The summed E-state index contributed by atoms with van der Waals surface area (Å²) in [6.45, 7) is 3.46. The van der Waals surface area contributed by atoms with Crippen LogP contribution in [0.2, 0.25) is 0 Å². The summed E-state index contributed by atoms with van der Waals surface area (Å²) in [7, 11) is 0. The lowest BCUT2D eigenvalue weighted by molar-refractivity contribution is -0.135. The molecular weight excluding hydrogens is 621 g/mol. The van der Waals surface area contributed by atoms with Crippen molar-refractivity contribution in [3.05, 3.63) is 60.4 Å². The molecule has 0 atom stereocenters. The van der Waals surface area contributed by atoms with Crippen molar-refractivity contribution in [2.24, 2.45) is 11.8 Å². The first-order chi connectivity index (χ1) is 19.5. The van der Waals surface area contributed by atoms with Crippen LogP contribution in [-0.2, 0) is 14.3 Å². The van der Waals surface area contributed by atoms with E-state index in [2.05, 4.69) is 11.9 Å². The number of alkyl halides is 1. The van der Waals surface area contributed by atoms with Crippen molar-refractivity contribution in [3.63, 3.8) is 0 Å². The number of carbonyl (C=O) groups excluding carboxylic acids is 1. The molecule has 8 nitrogen and oxygen atoms in total. The lowest BCUT2D eigenvalue weighted by Gasteiger charge is -2.40. The van der Waals surface area contributed by atoms with Crippen LogP contribution in [0.4, 0.5) is 5.69 Å². The summed E-state index contributed by atoms with van der Waals surface area (Å²) in [5.74, 6) is 0.510. The van der Waals surface area contributed by atoms with Gasteiger partial charge in [0.15, 0.2) is 5.58 Å². The van der Waals surface area contributed by atoms with Gasteiger partial charge in [0.25, 0.3) is 0 Å². The third-order valence-electron chi connectivity index (χ3n) is 8.19. The highest BCUT2D eigenvalue weighted by molar-refractivity contribution is 14.2. The normalized spacial score (nSPS) is 22.3. The SMILES string of the molecule is CC1CCC(C(=O)N(C2=ICN(c3ccc(-c4cc5ncccc5o4)cc3)C=C2C(=O)O)C2CCOCC2)CC1. The van der Waals surface area contributed by atoms with Gasteiger partial charge in [-0.3, -0.25) is 9.78 Å². The third-order valence-corrected chi connectivity index (χ3v) is 11.1. The summed E-state index contributed by atoms with van der Waals surface area (Å²) in [5.41, 5.74) is 3.65. The topological polar surface area (TPSA) is 96.1 Å². The zero-order chi connectivity index (χ0) is 27.6. The predicted molar refractivity (Wildman–Crippen MR) is 163 cm³/mol. The Bertz CT molecular complexity index is 1420. The summed E-state index contributed by atoms with van der Waals surface area (Å²) < 4.78 is 13.0. The lowest BCUT2D eigenvalue weighted by atomic mass is 9.82. The Kier molecular flexibility index (Phi) is 8.02. The third kappa shape index (κ3) is 5.58. The van der Waals surface area contributed by atoms with Crippen molar-refractivity contribution < 1.29 is 23.8 Å². The summed E-state index contributed by atoms with van der Waals surface area (Å²) in [5, 5.41) is 10.3.